The van der Waals surface area contributed by atoms with Crippen LogP contribution in [0.4, 0.5) is 10.1 Å². The van der Waals surface area contributed by atoms with Gasteiger partial charge in [-0.1, -0.05) is 0 Å². The van der Waals surface area contributed by atoms with Gasteiger partial charge in [-0.15, -0.1) is 0 Å². The molecule has 1 aromatic rings. The van der Waals surface area contributed by atoms with Crippen LogP contribution < -0.4 is 15.5 Å². The first-order valence-electron chi connectivity index (χ1n) is 8.64. The molecule has 2 heterocycles. The van der Waals surface area contributed by atoms with E-state index in [2.05, 4.69) is 21.6 Å². The quantitative estimate of drug-likeness (QED) is 0.819. The smallest absolute Gasteiger partial charge is 0.207 e. The molecule has 24 heavy (non-hydrogen) atoms. The van der Waals surface area contributed by atoms with Crippen LogP contribution in [0.3, 0.4) is 0 Å². The van der Waals surface area contributed by atoms with Crippen molar-refractivity contribution in [1.82, 2.24) is 10.6 Å². The summed E-state index contributed by atoms with van der Waals surface area (Å²) in [5, 5.41) is 16.0. The third-order valence-electron chi connectivity index (χ3n) is 5.64. The van der Waals surface area contributed by atoms with Crippen LogP contribution in [0.15, 0.2) is 6.07 Å². The van der Waals surface area contributed by atoms with Crippen molar-refractivity contribution in [2.45, 2.75) is 50.2 Å². The number of fused-ring (bicyclic) bond motifs is 3. The zero-order valence-corrected chi connectivity index (χ0v) is 13.5. The second kappa shape index (κ2) is 6.06. The molecule has 4 rings (SSSR count). The lowest BCUT2D eigenvalue weighted by Gasteiger charge is -2.36. The Balaban J connectivity index is 1.71. The largest absolute Gasteiger partial charge is 0.367 e. The highest BCUT2D eigenvalue weighted by Crippen LogP contribution is 2.35. The van der Waals surface area contributed by atoms with Crippen LogP contribution in [-0.2, 0) is 17.6 Å². The van der Waals surface area contributed by atoms with Gasteiger partial charge in [-0.3, -0.25) is 4.79 Å². The summed E-state index contributed by atoms with van der Waals surface area (Å²) >= 11 is 0. The Labute approximate surface area is 140 Å². The molecule has 0 spiro atoms. The van der Waals surface area contributed by atoms with E-state index >= 15 is 0 Å². The maximum absolute atomic E-state index is 14.8. The third-order valence-corrected chi connectivity index (χ3v) is 5.64. The van der Waals surface area contributed by atoms with Gasteiger partial charge in [-0.2, -0.15) is 5.26 Å². The Kier molecular flexibility index (Phi) is 3.89. The molecular weight excluding hydrogens is 307 g/mol. The monoisotopic (exact) mass is 328 g/mol. The van der Waals surface area contributed by atoms with E-state index in [1.54, 1.807) is 0 Å². The number of nitrogens with one attached hydrogen (secondary N) is 2. The van der Waals surface area contributed by atoms with E-state index in [0.717, 1.165) is 43.6 Å². The van der Waals surface area contributed by atoms with E-state index in [9.17, 15) is 14.4 Å². The fourth-order valence-electron chi connectivity index (χ4n) is 4.50. The number of carbonyl (C=O) groups excluding carboxylic acids is 1. The fraction of sp³-hybridized carbons (Fsp3) is 0.556. The van der Waals surface area contributed by atoms with Crippen molar-refractivity contribution in [2.75, 3.05) is 18.0 Å². The molecule has 1 aromatic carbocycles. The minimum absolute atomic E-state index is 0.0445. The van der Waals surface area contributed by atoms with E-state index in [4.69, 9.17) is 0 Å². The number of benzene rings is 1. The maximum Gasteiger partial charge on any atom is 0.207 e. The van der Waals surface area contributed by atoms with Gasteiger partial charge in [0.05, 0.1) is 11.3 Å². The van der Waals surface area contributed by atoms with E-state index < -0.39 is 0 Å². The molecule has 5 nitrogen and oxygen atoms in total. The van der Waals surface area contributed by atoms with Gasteiger partial charge in [0.15, 0.2) is 0 Å². The standard InChI is InChI=1S/C18H21FN4O/c19-17-6-18(23-8-12-1-2-13(9-23)22-12)16(7-20)14-4-3-11(21-10-24)5-15(14)17/h6,10-13,22H,1-5,8-9H2,(H,21,24). The number of anilines is 1. The summed E-state index contributed by atoms with van der Waals surface area (Å²) in [6.07, 6.45) is 4.81. The Hall–Kier alpha value is -2.13. The van der Waals surface area contributed by atoms with Crippen LogP contribution in [-0.4, -0.2) is 37.6 Å². The average Bonchev–Trinajstić information content (AvgIpc) is 2.93. The van der Waals surface area contributed by atoms with Gasteiger partial charge in [0.2, 0.25) is 6.41 Å². The van der Waals surface area contributed by atoms with Crippen molar-refractivity contribution in [3.63, 3.8) is 0 Å². The number of hydrogen-bond acceptors (Lipinski definition) is 4. The highest BCUT2D eigenvalue weighted by molar-refractivity contribution is 5.66. The summed E-state index contributed by atoms with van der Waals surface area (Å²) in [6.45, 7) is 1.66. The van der Waals surface area contributed by atoms with E-state index in [0.29, 0.717) is 42.5 Å². The highest BCUT2D eigenvalue weighted by atomic mass is 19.1. The van der Waals surface area contributed by atoms with E-state index in [-0.39, 0.29) is 11.9 Å². The number of carbonyl (C=O) groups is 1. The van der Waals surface area contributed by atoms with Crippen LogP contribution in [0.25, 0.3) is 0 Å². The molecule has 3 aliphatic rings. The van der Waals surface area contributed by atoms with Crippen molar-refractivity contribution in [2.24, 2.45) is 0 Å². The van der Waals surface area contributed by atoms with Gasteiger partial charge < -0.3 is 15.5 Å². The highest BCUT2D eigenvalue weighted by Gasteiger charge is 2.34. The maximum atomic E-state index is 14.8. The SMILES string of the molecule is N#Cc1c(N2CC3CCC(C2)N3)cc(F)c2c1CCC(NC=O)C2. The predicted octanol–water partition coefficient (Wildman–Crippen LogP) is 1.24. The van der Waals surface area contributed by atoms with Crippen LogP contribution in [0.5, 0.6) is 0 Å². The molecule has 1 aliphatic carbocycles. The second-order valence-corrected chi connectivity index (χ2v) is 7.09. The van der Waals surface area contributed by atoms with Crippen molar-refractivity contribution in [3.8, 4) is 6.07 Å². The molecule has 2 N–H and O–H groups in total. The predicted molar refractivity (Wildman–Crippen MR) is 88.3 cm³/mol. The van der Waals surface area contributed by atoms with Gasteiger partial charge in [0.1, 0.15) is 11.9 Å². The van der Waals surface area contributed by atoms with Crippen molar-refractivity contribution in [3.05, 3.63) is 28.6 Å². The molecule has 0 saturated carbocycles. The molecule has 1 amide bonds. The zero-order valence-electron chi connectivity index (χ0n) is 13.5. The van der Waals surface area contributed by atoms with Crippen LogP contribution in [0.2, 0.25) is 0 Å². The van der Waals surface area contributed by atoms with Crippen molar-refractivity contribution < 1.29 is 9.18 Å². The molecule has 2 bridgehead atoms. The summed E-state index contributed by atoms with van der Waals surface area (Å²) < 4.78 is 14.8. The summed E-state index contributed by atoms with van der Waals surface area (Å²) in [7, 11) is 0. The summed E-state index contributed by atoms with van der Waals surface area (Å²) in [6, 6.07) is 4.70. The first kappa shape index (κ1) is 15.4. The normalized spacial score (nSPS) is 28.2. The Bertz CT molecular complexity index is 702. The molecule has 2 fully saturated rings. The topological polar surface area (TPSA) is 68.2 Å². The Morgan fingerprint density at radius 3 is 2.71 bits per heavy atom. The third kappa shape index (κ3) is 2.53. The lowest BCUT2D eigenvalue weighted by molar-refractivity contribution is -0.110. The van der Waals surface area contributed by atoms with Gasteiger partial charge >= 0.3 is 0 Å². The number of piperazine rings is 1. The fourth-order valence-corrected chi connectivity index (χ4v) is 4.50. The molecular formula is C18H21FN4O. The first-order valence-corrected chi connectivity index (χ1v) is 8.64. The Morgan fingerprint density at radius 1 is 1.29 bits per heavy atom. The van der Waals surface area contributed by atoms with Crippen LogP contribution in [0, 0.1) is 17.1 Å². The summed E-state index contributed by atoms with van der Waals surface area (Å²) in [5.41, 5.74) is 2.80. The molecule has 0 radical (unpaired) electrons. The second-order valence-electron chi connectivity index (χ2n) is 7.09. The number of nitriles is 1. The minimum atomic E-state index is -0.248. The van der Waals surface area contributed by atoms with Crippen molar-refractivity contribution in [1.29, 1.82) is 5.26 Å². The lowest BCUT2D eigenvalue weighted by atomic mass is 9.84. The molecule has 3 unspecified atom stereocenters. The first-order chi connectivity index (χ1) is 11.7. The Morgan fingerprint density at radius 2 is 2.04 bits per heavy atom. The minimum Gasteiger partial charge on any atom is -0.367 e. The number of rotatable bonds is 3. The molecule has 0 aromatic heterocycles. The number of hydrogen-bond donors (Lipinski definition) is 2. The molecule has 3 atom stereocenters. The molecule has 126 valence electrons. The zero-order chi connectivity index (χ0) is 16.7. The van der Waals surface area contributed by atoms with Gasteiger partial charge in [-0.05, 0) is 49.3 Å². The average molecular weight is 328 g/mol. The van der Waals surface area contributed by atoms with Crippen LogP contribution >= 0.6 is 0 Å². The number of halogens is 1. The summed E-state index contributed by atoms with van der Waals surface area (Å²) in [5.74, 6) is -0.248. The number of nitrogens with zero attached hydrogens (tertiary/aromatic N) is 2. The molecule has 2 aliphatic heterocycles. The van der Waals surface area contributed by atoms with E-state index in [1.807, 2.05) is 0 Å². The van der Waals surface area contributed by atoms with Crippen LogP contribution in [0.1, 0.15) is 36.0 Å². The van der Waals surface area contributed by atoms with Gasteiger partial charge in [0.25, 0.3) is 0 Å². The van der Waals surface area contributed by atoms with Crippen molar-refractivity contribution >= 4 is 12.1 Å². The van der Waals surface area contributed by atoms with E-state index in [1.165, 1.54) is 6.07 Å². The number of amides is 1. The lowest BCUT2D eigenvalue weighted by Crippen LogP contribution is -2.51. The molecule has 2 saturated heterocycles. The molecule has 6 heteroatoms. The van der Waals surface area contributed by atoms with Gasteiger partial charge in [-0.25, -0.2) is 4.39 Å². The van der Waals surface area contributed by atoms with Gasteiger partial charge in [0, 0.05) is 31.2 Å². The summed E-state index contributed by atoms with van der Waals surface area (Å²) in [4.78, 5) is 12.8.